The van der Waals surface area contributed by atoms with E-state index in [1.165, 1.54) is 14.2 Å². The molecule has 0 saturated carbocycles. The third kappa shape index (κ3) is 3.70. The molecular weight excluding hydrogens is 266 g/mol. The minimum Gasteiger partial charge on any atom is -0.465 e. The van der Waals surface area contributed by atoms with E-state index in [1.807, 2.05) is 13.8 Å². The van der Waals surface area contributed by atoms with Crippen molar-refractivity contribution in [1.29, 1.82) is 0 Å². The van der Waals surface area contributed by atoms with Gasteiger partial charge in [0.1, 0.15) is 0 Å². The Labute approximate surface area is 114 Å². The summed E-state index contributed by atoms with van der Waals surface area (Å²) in [6.07, 6.45) is 0. The third-order valence-corrected chi connectivity index (χ3v) is 4.73. The molecule has 0 fully saturated rings. The van der Waals surface area contributed by atoms with Crippen LogP contribution < -0.4 is 4.31 Å². The smallest absolute Gasteiger partial charge is 0.340 e. The largest absolute Gasteiger partial charge is 0.465 e. The molecule has 106 valence electrons. The van der Waals surface area contributed by atoms with E-state index < -0.39 is 16.0 Å². The van der Waals surface area contributed by atoms with Crippen LogP contribution in [0.1, 0.15) is 24.2 Å². The van der Waals surface area contributed by atoms with Gasteiger partial charge in [-0.25, -0.2) is 13.2 Å². The van der Waals surface area contributed by atoms with Gasteiger partial charge in [0.15, 0.2) is 0 Å². The molecule has 0 aliphatic carbocycles. The lowest BCUT2D eigenvalue weighted by molar-refractivity contribution is 0.0601. The molecular formula is C13H19NO4S. The summed E-state index contributed by atoms with van der Waals surface area (Å²) in [6, 6.07) is 6.48. The van der Waals surface area contributed by atoms with Gasteiger partial charge in [0.05, 0.1) is 24.1 Å². The number of ether oxygens (including phenoxy) is 1. The summed E-state index contributed by atoms with van der Waals surface area (Å²) < 4.78 is 30.2. The maximum absolute atomic E-state index is 12.2. The van der Waals surface area contributed by atoms with E-state index in [0.29, 0.717) is 5.69 Å². The van der Waals surface area contributed by atoms with Gasteiger partial charge in [-0.05, 0) is 18.1 Å². The number of methoxy groups -OCH3 is 1. The highest BCUT2D eigenvalue weighted by Crippen LogP contribution is 2.23. The molecule has 0 amide bonds. The molecule has 0 heterocycles. The number of carbonyl (C=O) groups is 1. The zero-order valence-corrected chi connectivity index (χ0v) is 12.4. The van der Waals surface area contributed by atoms with Crippen molar-refractivity contribution < 1.29 is 17.9 Å². The molecule has 5 nitrogen and oxygen atoms in total. The molecule has 0 N–H and O–H groups in total. The number of rotatable bonds is 5. The van der Waals surface area contributed by atoms with Crippen molar-refractivity contribution in [3.63, 3.8) is 0 Å². The zero-order valence-electron chi connectivity index (χ0n) is 11.6. The normalized spacial score (nSPS) is 11.4. The Hall–Kier alpha value is -1.56. The molecule has 0 aromatic heterocycles. The number of benzene rings is 1. The summed E-state index contributed by atoms with van der Waals surface area (Å²) in [5.41, 5.74) is 0.565. The molecule has 0 atom stereocenters. The first-order chi connectivity index (χ1) is 8.79. The predicted molar refractivity (Wildman–Crippen MR) is 74.8 cm³/mol. The Bertz CT molecular complexity index is 552. The van der Waals surface area contributed by atoms with E-state index in [-0.39, 0.29) is 17.2 Å². The fourth-order valence-electron chi connectivity index (χ4n) is 1.71. The molecule has 0 bridgehead atoms. The van der Waals surface area contributed by atoms with Crippen LogP contribution in [0.2, 0.25) is 0 Å². The molecule has 0 saturated heterocycles. The lowest BCUT2D eigenvalue weighted by Crippen LogP contribution is -2.32. The molecule has 1 aromatic carbocycles. The van der Waals surface area contributed by atoms with E-state index in [9.17, 15) is 13.2 Å². The number of para-hydroxylation sites is 1. The molecule has 6 heteroatoms. The van der Waals surface area contributed by atoms with Crippen LogP contribution in [0.3, 0.4) is 0 Å². The average Bonchev–Trinajstić information content (AvgIpc) is 2.35. The van der Waals surface area contributed by atoms with Crippen molar-refractivity contribution in [3.05, 3.63) is 29.8 Å². The Morgan fingerprint density at radius 2 is 1.89 bits per heavy atom. The lowest BCUT2D eigenvalue weighted by Gasteiger charge is -2.22. The lowest BCUT2D eigenvalue weighted by atomic mass is 10.2. The van der Waals surface area contributed by atoms with Crippen LogP contribution in [0, 0.1) is 5.92 Å². The van der Waals surface area contributed by atoms with Crippen LogP contribution in [0.15, 0.2) is 24.3 Å². The van der Waals surface area contributed by atoms with E-state index in [0.717, 1.165) is 4.31 Å². The number of carbonyl (C=O) groups excluding carboxylic acids is 1. The maximum Gasteiger partial charge on any atom is 0.340 e. The molecule has 0 radical (unpaired) electrons. The van der Waals surface area contributed by atoms with Crippen LogP contribution in [-0.4, -0.2) is 34.3 Å². The molecule has 0 spiro atoms. The second-order valence-electron chi connectivity index (χ2n) is 4.65. The first kappa shape index (κ1) is 15.5. The summed E-state index contributed by atoms with van der Waals surface area (Å²) in [5.74, 6) is -0.515. The second-order valence-corrected chi connectivity index (χ2v) is 6.69. The highest BCUT2D eigenvalue weighted by molar-refractivity contribution is 7.92. The van der Waals surface area contributed by atoms with Crippen molar-refractivity contribution in [2.75, 3.05) is 24.2 Å². The predicted octanol–water partition coefficient (Wildman–Crippen LogP) is 1.90. The van der Waals surface area contributed by atoms with Gasteiger partial charge in [0.25, 0.3) is 0 Å². The highest BCUT2D eigenvalue weighted by Gasteiger charge is 2.24. The van der Waals surface area contributed by atoms with Crippen molar-refractivity contribution in [2.24, 2.45) is 5.92 Å². The van der Waals surface area contributed by atoms with Crippen molar-refractivity contribution in [2.45, 2.75) is 13.8 Å². The van der Waals surface area contributed by atoms with Crippen LogP contribution >= 0.6 is 0 Å². The van der Waals surface area contributed by atoms with Gasteiger partial charge in [0.2, 0.25) is 10.0 Å². The van der Waals surface area contributed by atoms with Gasteiger partial charge < -0.3 is 4.74 Å². The summed E-state index contributed by atoms with van der Waals surface area (Å²) in [7, 11) is -0.742. The second kappa shape index (κ2) is 6.06. The maximum atomic E-state index is 12.2. The van der Waals surface area contributed by atoms with Gasteiger partial charge in [0, 0.05) is 7.05 Å². The van der Waals surface area contributed by atoms with Crippen molar-refractivity contribution >= 4 is 21.7 Å². The summed E-state index contributed by atoms with van der Waals surface area (Å²) in [6.45, 7) is 3.66. The van der Waals surface area contributed by atoms with E-state index in [2.05, 4.69) is 4.74 Å². The van der Waals surface area contributed by atoms with Gasteiger partial charge in [-0.15, -0.1) is 0 Å². The summed E-state index contributed by atoms with van der Waals surface area (Å²) in [4.78, 5) is 11.6. The average molecular weight is 285 g/mol. The first-order valence-corrected chi connectivity index (χ1v) is 7.54. The van der Waals surface area contributed by atoms with Gasteiger partial charge >= 0.3 is 5.97 Å². The SMILES string of the molecule is COC(=O)c1ccccc1N(C)S(=O)(=O)CC(C)C. The van der Waals surface area contributed by atoms with Gasteiger partial charge in [-0.1, -0.05) is 26.0 Å². The van der Waals surface area contributed by atoms with E-state index in [4.69, 9.17) is 0 Å². The fraction of sp³-hybridized carbons (Fsp3) is 0.462. The van der Waals surface area contributed by atoms with Gasteiger partial charge in [-0.3, -0.25) is 4.31 Å². The summed E-state index contributed by atoms with van der Waals surface area (Å²) >= 11 is 0. The Balaban J connectivity index is 3.20. The van der Waals surface area contributed by atoms with Crippen LogP contribution in [-0.2, 0) is 14.8 Å². The molecule has 0 aliphatic heterocycles. The number of hydrogen-bond donors (Lipinski definition) is 0. The minimum atomic E-state index is -3.45. The summed E-state index contributed by atoms with van der Waals surface area (Å²) in [5, 5.41) is 0. The van der Waals surface area contributed by atoms with Crippen molar-refractivity contribution in [3.8, 4) is 0 Å². The highest BCUT2D eigenvalue weighted by atomic mass is 32.2. The van der Waals surface area contributed by atoms with Crippen LogP contribution in [0.5, 0.6) is 0 Å². The quantitative estimate of drug-likeness (QED) is 0.775. The Kier molecular flexibility index (Phi) is 4.94. The number of esters is 1. The van der Waals surface area contributed by atoms with E-state index >= 15 is 0 Å². The minimum absolute atomic E-state index is 0.0118. The topological polar surface area (TPSA) is 63.7 Å². The fourth-order valence-corrected chi connectivity index (χ4v) is 3.24. The number of nitrogens with zero attached hydrogens (tertiary/aromatic N) is 1. The van der Waals surface area contributed by atoms with Crippen molar-refractivity contribution in [1.82, 2.24) is 0 Å². The Morgan fingerprint density at radius 3 is 2.42 bits per heavy atom. The number of sulfonamides is 1. The molecule has 1 aromatic rings. The van der Waals surface area contributed by atoms with E-state index in [1.54, 1.807) is 24.3 Å². The van der Waals surface area contributed by atoms with Gasteiger partial charge in [-0.2, -0.15) is 0 Å². The number of hydrogen-bond acceptors (Lipinski definition) is 4. The first-order valence-electron chi connectivity index (χ1n) is 5.93. The van der Waals surface area contributed by atoms with Crippen LogP contribution in [0.25, 0.3) is 0 Å². The Morgan fingerprint density at radius 1 is 1.32 bits per heavy atom. The zero-order chi connectivity index (χ0) is 14.6. The molecule has 1 rings (SSSR count). The number of anilines is 1. The molecule has 19 heavy (non-hydrogen) atoms. The standard InChI is InChI=1S/C13H19NO4S/c1-10(2)9-19(16,17)14(3)12-8-6-5-7-11(12)13(15)18-4/h5-8,10H,9H2,1-4H3. The molecule has 0 aliphatic rings. The van der Waals surface area contributed by atoms with Crippen LogP contribution in [0.4, 0.5) is 5.69 Å². The third-order valence-electron chi connectivity index (χ3n) is 2.61. The molecule has 0 unspecified atom stereocenters. The monoisotopic (exact) mass is 285 g/mol.